The molecule has 36 heavy (non-hydrogen) atoms. The number of allylic oxidation sites excluding steroid dienone is 10. The number of pyridine rings is 1. The number of hydrogen-bond donors (Lipinski definition) is 1. The molecule has 1 rings (SSSR count). The highest BCUT2D eigenvalue weighted by molar-refractivity contribution is 5.94. The van der Waals surface area contributed by atoms with Gasteiger partial charge in [0.05, 0.1) is 5.56 Å². The van der Waals surface area contributed by atoms with E-state index in [4.69, 9.17) is 0 Å². The van der Waals surface area contributed by atoms with Gasteiger partial charge in [-0.05, 0) is 70.9 Å². The molecule has 196 valence electrons. The largest absolute Gasteiger partial charge is 0.354 e. The zero-order chi connectivity index (χ0) is 26.3. The lowest BCUT2D eigenvalue weighted by Gasteiger charge is -2.28. The van der Waals surface area contributed by atoms with Gasteiger partial charge in [-0.2, -0.15) is 0 Å². The fourth-order valence-electron chi connectivity index (χ4n) is 3.52. The molecule has 0 spiro atoms. The number of carbonyl (C=O) groups is 2. The molecule has 1 N–H and O–H groups in total. The van der Waals surface area contributed by atoms with Crippen LogP contribution in [-0.4, -0.2) is 40.8 Å². The van der Waals surface area contributed by atoms with E-state index in [0.29, 0.717) is 25.1 Å². The zero-order valence-electron chi connectivity index (χ0n) is 22.4. The van der Waals surface area contributed by atoms with Gasteiger partial charge >= 0.3 is 0 Å². The van der Waals surface area contributed by atoms with Gasteiger partial charge in [-0.3, -0.25) is 14.6 Å². The second kappa shape index (κ2) is 21.1. The maximum Gasteiger partial charge on any atom is 0.255 e. The SMILES string of the molecule is CCC=CCC=CCC=CCC=CCC=CCCCC(=O)NCC(C)N(CC)C(=O)c1cccnc1. The topological polar surface area (TPSA) is 62.3 Å². The molecule has 0 aliphatic carbocycles. The first kappa shape index (κ1) is 30.8. The lowest BCUT2D eigenvalue weighted by Crippen LogP contribution is -2.45. The van der Waals surface area contributed by atoms with Crippen LogP contribution in [0.4, 0.5) is 0 Å². The monoisotopic (exact) mass is 491 g/mol. The molecule has 1 aromatic heterocycles. The summed E-state index contributed by atoms with van der Waals surface area (Å²) in [5.74, 6) is -0.0372. The molecule has 5 heteroatoms. The molecular weight excluding hydrogens is 446 g/mol. The molecular formula is C31H45N3O2. The number of nitrogens with one attached hydrogen (secondary N) is 1. The molecule has 0 saturated heterocycles. The Bertz CT molecular complexity index is 869. The Hall–Kier alpha value is -3.21. The molecule has 0 saturated carbocycles. The molecule has 5 nitrogen and oxygen atoms in total. The third kappa shape index (κ3) is 14.9. The summed E-state index contributed by atoms with van der Waals surface area (Å²) < 4.78 is 0. The van der Waals surface area contributed by atoms with E-state index in [1.807, 2.05) is 13.8 Å². The number of hydrogen-bond acceptors (Lipinski definition) is 3. The fraction of sp³-hybridized carbons (Fsp3) is 0.452. The average Bonchev–Trinajstić information content (AvgIpc) is 2.90. The number of nitrogens with zero attached hydrogens (tertiary/aromatic N) is 2. The Morgan fingerprint density at radius 1 is 0.917 bits per heavy atom. The summed E-state index contributed by atoms with van der Waals surface area (Å²) in [4.78, 5) is 30.6. The smallest absolute Gasteiger partial charge is 0.255 e. The van der Waals surface area contributed by atoms with Gasteiger partial charge in [0.2, 0.25) is 5.91 Å². The van der Waals surface area contributed by atoms with Gasteiger partial charge in [-0.25, -0.2) is 0 Å². The van der Waals surface area contributed by atoms with Crippen LogP contribution in [0.5, 0.6) is 0 Å². The molecule has 0 aliphatic rings. The Morgan fingerprint density at radius 2 is 1.50 bits per heavy atom. The molecule has 0 aliphatic heterocycles. The summed E-state index contributed by atoms with van der Waals surface area (Å²) in [5.41, 5.74) is 0.564. The van der Waals surface area contributed by atoms with E-state index < -0.39 is 0 Å². The van der Waals surface area contributed by atoms with Crippen molar-refractivity contribution in [1.82, 2.24) is 15.2 Å². The van der Waals surface area contributed by atoms with Crippen molar-refractivity contribution in [3.8, 4) is 0 Å². The van der Waals surface area contributed by atoms with Crippen molar-refractivity contribution in [3.63, 3.8) is 0 Å². The van der Waals surface area contributed by atoms with E-state index in [2.05, 4.69) is 78.0 Å². The van der Waals surface area contributed by atoms with Crippen molar-refractivity contribution in [2.75, 3.05) is 13.1 Å². The van der Waals surface area contributed by atoms with E-state index in [9.17, 15) is 9.59 Å². The number of amides is 2. The fourth-order valence-corrected chi connectivity index (χ4v) is 3.52. The van der Waals surface area contributed by atoms with Gasteiger partial charge < -0.3 is 10.2 Å². The first-order chi connectivity index (χ1) is 17.6. The highest BCUT2D eigenvalue weighted by atomic mass is 16.2. The van der Waals surface area contributed by atoms with Crippen molar-refractivity contribution in [3.05, 3.63) is 90.9 Å². The van der Waals surface area contributed by atoms with Crippen molar-refractivity contribution in [2.45, 2.75) is 78.2 Å². The third-order valence-corrected chi connectivity index (χ3v) is 5.57. The van der Waals surface area contributed by atoms with Crippen molar-refractivity contribution >= 4 is 11.8 Å². The predicted octanol–water partition coefficient (Wildman–Crippen LogP) is 6.97. The van der Waals surface area contributed by atoms with Gasteiger partial charge in [0.1, 0.15) is 0 Å². The lowest BCUT2D eigenvalue weighted by atomic mass is 10.2. The van der Waals surface area contributed by atoms with Gasteiger partial charge in [-0.15, -0.1) is 0 Å². The second-order valence-electron chi connectivity index (χ2n) is 8.59. The predicted molar refractivity (Wildman–Crippen MR) is 152 cm³/mol. The second-order valence-corrected chi connectivity index (χ2v) is 8.59. The minimum absolute atomic E-state index is 0.0269. The van der Waals surface area contributed by atoms with Gasteiger partial charge in [0.15, 0.2) is 0 Å². The molecule has 1 atom stereocenters. The average molecular weight is 492 g/mol. The van der Waals surface area contributed by atoms with Crippen molar-refractivity contribution in [1.29, 1.82) is 0 Å². The quantitative estimate of drug-likeness (QED) is 0.178. The van der Waals surface area contributed by atoms with Crippen LogP contribution in [0.25, 0.3) is 0 Å². The molecule has 1 unspecified atom stereocenters. The number of aromatic nitrogens is 1. The van der Waals surface area contributed by atoms with Crippen LogP contribution in [0.15, 0.2) is 85.3 Å². The van der Waals surface area contributed by atoms with Crippen molar-refractivity contribution < 1.29 is 9.59 Å². The molecule has 0 radical (unpaired) electrons. The summed E-state index contributed by atoms with van der Waals surface area (Å²) in [7, 11) is 0. The standard InChI is InChI=1S/C31H45N3O2/c1-4-6-7-8-9-10-11-12-13-14-15-16-17-18-19-20-21-24-30(35)33-26-28(3)34(5-2)31(36)29-23-22-25-32-27-29/h6-7,9-10,12-13,15-16,18-19,22-23,25,27-28H,4-5,8,11,14,17,20-21,24,26H2,1-3H3,(H,33,35). The summed E-state index contributed by atoms with van der Waals surface area (Å²) in [5, 5.41) is 2.96. The Morgan fingerprint density at radius 3 is 2.03 bits per heavy atom. The molecule has 0 aromatic carbocycles. The van der Waals surface area contributed by atoms with Gasteiger partial charge in [0.25, 0.3) is 5.91 Å². The maximum atomic E-state index is 12.7. The van der Waals surface area contributed by atoms with Crippen LogP contribution < -0.4 is 5.32 Å². The summed E-state index contributed by atoms with van der Waals surface area (Å²) in [6, 6.07) is 3.43. The van der Waals surface area contributed by atoms with Crippen LogP contribution >= 0.6 is 0 Å². The van der Waals surface area contributed by atoms with E-state index in [-0.39, 0.29) is 17.9 Å². The zero-order valence-corrected chi connectivity index (χ0v) is 22.4. The van der Waals surface area contributed by atoms with Crippen LogP contribution in [0, 0.1) is 0 Å². The summed E-state index contributed by atoms with van der Waals surface area (Å²) >= 11 is 0. The van der Waals surface area contributed by atoms with E-state index >= 15 is 0 Å². The number of likely N-dealkylation sites (N-methyl/N-ethyl adjacent to an activating group) is 1. The Balaban J connectivity index is 2.12. The van der Waals surface area contributed by atoms with E-state index in [0.717, 1.165) is 44.9 Å². The Kier molecular flexibility index (Phi) is 18.1. The van der Waals surface area contributed by atoms with Crippen LogP contribution in [-0.2, 0) is 4.79 Å². The highest BCUT2D eigenvalue weighted by Crippen LogP contribution is 2.07. The van der Waals surface area contributed by atoms with E-state index in [1.54, 1.807) is 29.4 Å². The molecule has 1 heterocycles. The first-order valence-electron chi connectivity index (χ1n) is 13.3. The van der Waals surface area contributed by atoms with Crippen LogP contribution in [0.1, 0.15) is 82.5 Å². The number of rotatable bonds is 18. The van der Waals surface area contributed by atoms with E-state index in [1.165, 1.54) is 0 Å². The first-order valence-corrected chi connectivity index (χ1v) is 13.3. The van der Waals surface area contributed by atoms with Gasteiger partial charge in [0, 0.05) is 37.9 Å². The minimum atomic E-state index is -0.0855. The van der Waals surface area contributed by atoms with Crippen molar-refractivity contribution in [2.24, 2.45) is 0 Å². The summed E-state index contributed by atoms with van der Waals surface area (Å²) in [6.07, 6.45) is 32.2. The third-order valence-electron chi connectivity index (χ3n) is 5.57. The van der Waals surface area contributed by atoms with Gasteiger partial charge in [-0.1, -0.05) is 67.7 Å². The minimum Gasteiger partial charge on any atom is -0.354 e. The number of carbonyl (C=O) groups excluding carboxylic acids is 2. The molecule has 0 bridgehead atoms. The summed E-state index contributed by atoms with van der Waals surface area (Å²) in [6.45, 7) is 7.07. The van der Waals surface area contributed by atoms with Crippen LogP contribution in [0.3, 0.4) is 0 Å². The number of unbranched alkanes of at least 4 members (excludes halogenated alkanes) is 1. The van der Waals surface area contributed by atoms with Crippen LogP contribution in [0.2, 0.25) is 0 Å². The lowest BCUT2D eigenvalue weighted by molar-refractivity contribution is -0.121. The Labute approximate surface area is 218 Å². The normalized spacial score (nSPS) is 13.0. The molecule has 2 amide bonds. The highest BCUT2D eigenvalue weighted by Gasteiger charge is 2.20. The maximum absolute atomic E-state index is 12.7. The molecule has 1 aromatic rings. The molecule has 0 fully saturated rings.